The van der Waals surface area contributed by atoms with Gasteiger partial charge in [0.05, 0.1) is 73.4 Å². The standard InChI is InChI=1S/C56H33N5/c57-34-36-25-29-38(30-26-36)54-52(59-46-19-7-1-13-40(46)41-14-2-8-20-47(41)59)33-53(60-48-21-9-3-15-42(48)43-16-4-10-22-49(43)60)55(39-31-27-37(35-58)28-32-39)56(54)61-50-23-11-5-17-44(50)45-18-6-12-24-51(45)61/h1-33H. The molecule has 0 N–H and O–H groups in total. The Hall–Kier alpha value is -8.64. The molecule has 0 fully saturated rings. The third kappa shape index (κ3) is 5.05. The van der Waals surface area contributed by atoms with Gasteiger partial charge in [0.25, 0.3) is 0 Å². The number of nitriles is 2. The maximum Gasteiger partial charge on any atom is 0.0991 e. The molecule has 3 aromatic heterocycles. The highest BCUT2D eigenvalue weighted by Crippen LogP contribution is 2.50. The Balaban J connectivity index is 1.41. The molecule has 0 aliphatic heterocycles. The number of benzene rings is 9. The van der Waals surface area contributed by atoms with Crippen molar-refractivity contribution in [2.75, 3.05) is 0 Å². The van der Waals surface area contributed by atoms with Crippen molar-refractivity contribution in [1.29, 1.82) is 10.5 Å². The maximum absolute atomic E-state index is 10.0. The molecule has 0 aliphatic rings. The minimum Gasteiger partial charge on any atom is -0.308 e. The maximum atomic E-state index is 10.0. The highest BCUT2D eigenvalue weighted by molar-refractivity contribution is 6.15. The van der Waals surface area contributed by atoms with Gasteiger partial charge in [0, 0.05) is 43.4 Å². The van der Waals surface area contributed by atoms with Crippen LogP contribution in [0.4, 0.5) is 0 Å². The summed E-state index contributed by atoms with van der Waals surface area (Å²) >= 11 is 0. The molecule has 0 atom stereocenters. The Morgan fingerprint density at radius 2 is 0.557 bits per heavy atom. The van der Waals surface area contributed by atoms with Crippen molar-refractivity contribution >= 4 is 65.4 Å². The van der Waals surface area contributed by atoms with Crippen molar-refractivity contribution in [3.63, 3.8) is 0 Å². The summed E-state index contributed by atoms with van der Waals surface area (Å²) in [5.74, 6) is 0. The monoisotopic (exact) mass is 775 g/mol. The van der Waals surface area contributed by atoms with Crippen LogP contribution in [-0.4, -0.2) is 13.7 Å². The molecule has 0 spiro atoms. The Morgan fingerprint density at radius 1 is 0.295 bits per heavy atom. The first-order valence-corrected chi connectivity index (χ1v) is 20.4. The smallest absolute Gasteiger partial charge is 0.0991 e. The summed E-state index contributed by atoms with van der Waals surface area (Å²) in [7, 11) is 0. The van der Waals surface area contributed by atoms with Gasteiger partial charge in [-0.3, -0.25) is 0 Å². The van der Waals surface area contributed by atoms with E-state index in [1.165, 1.54) is 0 Å². The van der Waals surface area contributed by atoms with E-state index in [0.717, 1.165) is 105 Å². The van der Waals surface area contributed by atoms with Crippen LogP contribution in [0, 0.1) is 22.7 Å². The summed E-state index contributed by atoms with van der Waals surface area (Å²) in [6.45, 7) is 0. The summed E-state index contributed by atoms with van der Waals surface area (Å²) in [4.78, 5) is 0. The highest BCUT2D eigenvalue weighted by Gasteiger charge is 2.29. The van der Waals surface area contributed by atoms with E-state index in [-0.39, 0.29) is 0 Å². The topological polar surface area (TPSA) is 62.4 Å². The van der Waals surface area contributed by atoms with Gasteiger partial charge >= 0.3 is 0 Å². The number of rotatable bonds is 5. The van der Waals surface area contributed by atoms with E-state index in [9.17, 15) is 10.5 Å². The van der Waals surface area contributed by atoms with Crippen LogP contribution in [0.15, 0.2) is 200 Å². The van der Waals surface area contributed by atoms with Gasteiger partial charge in [0.2, 0.25) is 0 Å². The fourth-order valence-corrected chi connectivity index (χ4v) is 9.74. The molecule has 61 heavy (non-hydrogen) atoms. The minimum atomic E-state index is 0.592. The number of nitrogens with zero attached hydrogens (tertiary/aromatic N) is 5. The van der Waals surface area contributed by atoms with Gasteiger partial charge in [-0.15, -0.1) is 0 Å². The lowest BCUT2D eigenvalue weighted by Gasteiger charge is -2.27. The van der Waals surface area contributed by atoms with Crippen LogP contribution in [0.1, 0.15) is 11.1 Å². The van der Waals surface area contributed by atoms with Gasteiger partial charge < -0.3 is 13.7 Å². The van der Waals surface area contributed by atoms with Gasteiger partial charge in [-0.1, -0.05) is 133 Å². The van der Waals surface area contributed by atoms with E-state index in [2.05, 4.69) is 202 Å². The van der Waals surface area contributed by atoms with Crippen LogP contribution in [0.3, 0.4) is 0 Å². The van der Waals surface area contributed by atoms with Crippen LogP contribution >= 0.6 is 0 Å². The summed E-state index contributed by atoms with van der Waals surface area (Å²) in [6, 6.07) is 75.0. The molecule has 0 saturated carbocycles. The van der Waals surface area contributed by atoms with Gasteiger partial charge in [0.15, 0.2) is 0 Å². The van der Waals surface area contributed by atoms with E-state index < -0.39 is 0 Å². The third-order valence-electron chi connectivity index (χ3n) is 12.3. The van der Waals surface area contributed by atoms with Crippen LogP contribution in [0.25, 0.3) is 105 Å². The number of aromatic nitrogens is 3. The molecule has 0 saturated heterocycles. The first-order valence-electron chi connectivity index (χ1n) is 20.4. The summed E-state index contributed by atoms with van der Waals surface area (Å²) in [6.07, 6.45) is 0. The molecule has 12 rings (SSSR count). The van der Waals surface area contributed by atoms with Crippen molar-refractivity contribution in [3.05, 3.63) is 211 Å². The molecule has 0 radical (unpaired) electrons. The molecular weight excluding hydrogens is 743 g/mol. The molecule has 5 nitrogen and oxygen atoms in total. The minimum absolute atomic E-state index is 0.592. The quantitative estimate of drug-likeness (QED) is 0.175. The van der Waals surface area contributed by atoms with Crippen molar-refractivity contribution < 1.29 is 0 Å². The molecule has 0 aliphatic carbocycles. The van der Waals surface area contributed by atoms with Crippen LogP contribution in [-0.2, 0) is 0 Å². The molecule has 0 bridgehead atoms. The summed E-state index contributed by atoms with van der Waals surface area (Å²) in [5.41, 5.74) is 14.6. The van der Waals surface area contributed by atoms with Gasteiger partial charge in [-0.05, 0) is 77.9 Å². The van der Waals surface area contributed by atoms with Crippen molar-refractivity contribution in [2.24, 2.45) is 0 Å². The Morgan fingerprint density at radius 3 is 0.836 bits per heavy atom. The second-order valence-electron chi connectivity index (χ2n) is 15.5. The number of fused-ring (bicyclic) bond motifs is 9. The van der Waals surface area contributed by atoms with Crippen molar-refractivity contribution in [1.82, 2.24) is 13.7 Å². The Labute approximate surface area is 351 Å². The fraction of sp³-hybridized carbons (Fsp3) is 0. The SMILES string of the molecule is N#Cc1ccc(-c2c(-n3c4ccccc4c4ccccc43)cc(-n3c4ccccc4c4ccccc43)c(-c3ccc(C#N)cc3)c2-n2c3ccccc3c3ccccc32)cc1. The van der Waals surface area contributed by atoms with Crippen LogP contribution in [0.5, 0.6) is 0 Å². The van der Waals surface area contributed by atoms with E-state index in [1.807, 2.05) is 24.3 Å². The molecule has 282 valence electrons. The normalized spacial score (nSPS) is 11.6. The van der Waals surface area contributed by atoms with E-state index in [0.29, 0.717) is 11.1 Å². The van der Waals surface area contributed by atoms with Crippen LogP contribution in [0.2, 0.25) is 0 Å². The number of para-hydroxylation sites is 6. The first-order chi connectivity index (χ1) is 30.2. The third-order valence-corrected chi connectivity index (χ3v) is 12.3. The summed E-state index contributed by atoms with van der Waals surface area (Å²) in [5, 5.41) is 27.0. The lowest BCUT2D eigenvalue weighted by Crippen LogP contribution is -2.10. The van der Waals surface area contributed by atoms with Gasteiger partial charge in [-0.2, -0.15) is 10.5 Å². The largest absolute Gasteiger partial charge is 0.308 e. The lowest BCUT2D eigenvalue weighted by molar-refractivity contribution is 1.10. The van der Waals surface area contributed by atoms with Crippen LogP contribution < -0.4 is 0 Å². The molecule has 9 aromatic carbocycles. The second kappa shape index (κ2) is 13.5. The Bertz CT molecular complexity index is 3470. The average molecular weight is 776 g/mol. The molecule has 3 heterocycles. The van der Waals surface area contributed by atoms with E-state index in [1.54, 1.807) is 0 Å². The summed E-state index contributed by atoms with van der Waals surface area (Å²) < 4.78 is 7.30. The fourth-order valence-electron chi connectivity index (χ4n) is 9.74. The van der Waals surface area contributed by atoms with Crippen molar-refractivity contribution in [2.45, 2.75) is 0 Å². The average Bonchev–Trinajstić information content (AvgIpc) is 3.97. The first kappa shape index (κ1) is 34.4. The zero-order valence-corrected chi connectivity index (χ0v) is 32.8. The Kier molecular flexibility index (Phi) is 7.59. The zero-order valence-electron chi connectivity index (χ0n) is 32.8. The number of hydrogen-bond acceptors (Lipinski definition) is 2. The van der Waals surface area contributed by atoms with Crippen molar-refractivity contribution in [3.8, 4) is 51.5 Å². The molecule has 0 unspecified atom stereocenters. The predicted molar refractivity (Wildman–Crippen MR) is 250 cm³/mol. The zero-order chi connectivity index (χ0) is 40.6. The predicted octanol–water partition coefficient (Wildman–Crippen LogP) is 14.1. The van der Waals surface area contributed by atoms with Gasteiger partial charge in [-0.25, -0.2) is 0 Å². The molecule has 0 amide bonds. The van der Waals surface area contributed by atoms with E-state index in [4.69, 9.17) is 0 Å². The second-order valence-corrected chi connectivity index (χ2v) is 15.5. The lowest BCUT2D eigenvalue weighted by atomic mass is 9.90. The van der Waals surface area contributed by atoms with E-state index >= 15 is 0 Å². The molecule has 12 aromatic rings. The molecular formula is C56H33N5. The van der Waals surface area contributed by atoms with Gasteiger partial charge in [0.1, 0.15) is 0 Å². The molecule has 5 heteroatoms. The highest BCUT2D eigenvalue weighted by atomic mass is 15.1. The number of hydrogen-bond donors (Lipinski definition) is 0.